The Bertz CT molecular complexity index is 1170. The molecule has 1 atom stereocenters. The highest BCUT2D eigenvalue weighted by molar-refractivity contribution is 5.99. The molecule has 0 spiro atoms. The Morgan fingerprint density at radius 2 is 1.76 bits per heavy atom. The molecule has 33 heavy (non-hydrogen) atoms. The number of hydrogen-bond acceptors (Lipinski definition) is 6. The van der Waals surface area contributed by atoms with Gasteiger partial charge in [-0.25, -0.2) is 0 Å². The summed E-state index contributed by atoms with van der Waals surface area (Å²) in [5.41, 5.74) is 3.02. The van der Waals surface area contributed by atoms with Crippen LogP contribution in [-0.4, -0.2) is 52.9 Å². The lowest BCUT2D eigenvalue weighted by atomic mass is 10.0. The molecule has 2 heterocycles. The monoisotopic (exact) mass is 447 g/mol. The van der Waals surface area contributed by atoms with Crippen LogP contribution in [0.1, 0.15) is 32.3 Å². The topological polar surface area (TPSA) is 91.6 Å². The zero-order valence-electron chi connectivity index (χ0n) is 19.2. The Hall–Kier alpha value is -3.52. The molecule has 0 radical (unpaired) electrons. The Kier molecular flexibility index (Phi) is 6.55. The lowest BCUT2D eigenvalue weighted by Crippen LogP contribution is -2.52. The highest BCUT2D eigenvalue weighted by atomic mass is 16.6. The second-order valence-corrected chi connectivity index (χ2v) is 8.71. The molecule has 1 saturated heterocycles. The summed E-state index contributed by atoms with van der Waals surface area (Å²) in [5, 5.41) is 15.9. The number of nitro groups is 1. The van der Waals surface area contributed by atoms with Crippen molar-refractivity contribution in [2.24, 2.45) is 0 Å². The predicted octanol–water partition coefficient (Wildman–Crippen LogP) is 4.42. The van der Waals surface area contributed by atoms with E-state index in [9.17, 15) is 14.9 Å². The maximum Gasteiger partial charge on any atom is 0.278 e. The molecule has 1 fully saturated rings. The number of nitrogens with zero attached hydrogens (tertiary/aromatic N) is 4. The number of para-hydroxylation sites is 1. The number of fused-ring (bicyclic) bond motifs is 1. The van der Waals surface area contributed by atoms with Gasteiger partial charge in [-0.15, -0.1) is 0 Å². The van der Waals surface area contributed by atoms with E-state index in [1.807, 2.05) is 43.3 Å². The fourth-order valence-electron chi connectivity index (χ4n) is 4.46. The van der Waals surface area contributed by atoms with Crippen molar-refractivity contribution >= 4 is 33.7 Å². The van der Waals surface area contributed by atoms with E-state index in [1.54, 1.807) is 18.5 Å². The number of amides is 1. The standard InChI is InChI=1S/C25H29N5O3/c1-17(2)19-6-4-5-7-22(19)27-25(31)18(3)28-12-14-29(15-13-28)23-8-9-24(30(32)33)21-16-26-11-10-20(21)23/h4-11,16-18H,12-15H2,1-3H3,(H,27,31)/t18-/m1/s1. The summed E-state index contributed by atoms with van der Waals surface area (Å²) >= 11 is 0. The summed E-state index contributed by atoms with van der Waals surface area (Å²) in [4.78, 5) is 32.5. The van der Waals surface area contributed by atoms with Crippen LogP contribution in [0, 0.1) is 10.1 Å². The van der Waals surface area contributed by atoms with Crippen LogP contribution in [0.4, 0.5) is 17.1 Å². The van der Waals surface area contributed by atoms with Crippen molar-refractivity contribution in [1.82, 2.24) is 9.88 Å². The predicted molar refractivity (Wildman–Crippen MR) is 131 cm³/mol. The third kappa shape index (κ3) is 4.66. The van der Waals surface area contributed by atoms with Crippen LogP contribution in [0.2, 0.25) is 0 Å². The third-order valence-electron chi connectivity index (χ3n) is 6.39. The average Bonchev–Trinajstić information content (AvgIpc) is 2.83. The molecule has 8 heteroatoms. The molecule has 0 saturated carbocycles. The molecule has 1 N–H and O–H groups in total. The van der Waals surface area contributed by atoms with Gasteiger partial charge >= 0.3 is 0 Å². The van der Waals surface area contributed by atoms with Gasteiger partial charge in [-0.2, -0.15) is 0 Å². The number of nitro benzene ring substituents is 1. The maximum atomic E-state index is 13.0. The van der Waals surface area contributed by atoms with Gasteiger partial charge in [0.2, 0.25) is 5.91 Å². The number of benzene rings is 2. The van der Waals surface area contributed by atoms with E-state index in [1.165, 1.54) is 0 Å². The number of nitrogens with one attached hydrogen (secondary N) is 1. The first-order valence-corrected chi connectivity index (χ1v) is 11.3. The number of pyridine rings is 1. The number of carbonyl (C=O) groups excluding carboxylic acids is 1. The number of carbonyl (C=O) groups is 1. The Balaban J connectivity index is 1.45. The van der Waals surface area contributed by atoms with Gasteiger partial charge in [0, 0.05) is 61.4 Å². The summed E-state index contributed by atoms with van der Waals surface area (Å²) in [7, 11) is 0. The molecular weight excluding hydrogens is 418 g/mol. The Labute approximate surface area is 193 Å². The van der Waals surface area contributed by atoms with Gasteiger partial charge in [0.15, 0.2) is 0 Å². The fraction of sp³-hybridized carbons (Fsp3) is 0.360. The highest BCUT2D eigenvalue weighted by Gasteiger charge is 2.27. The minimum atomic E-state index is -0.372. The van der Waals surface area contributed by atoms with Crippen LogP contribution in [0.3, 0.4) is 0 Å². The first-order chi connectivity index (χ1) is 15.9. The number of anilines is 2. The van der Waals surface area contributed by atoms with Crippen molar-refractivity contribution in [3.05, 3.63) is 70.5 Å². The van der Waals surface area contributed by atoms with Crippen molar-refractivity contribution in [3.63, 3.8) is 0 Å². The van der Waals surface area contributed by atoms with Gasteiger partial charge in [0.05, 0.1) is 16.4 Å². The van der Waals surface area contributed by atoms with E-state index in [0.717, 1.165) is 48.5 Å². The van der Waals surface area contributed by atoms with Crippen LogP contribution in [0.5, 0.6) is 0 Å². The Morgan fingerprint density at radius 1 is 1.03 bits per heavy atom. The molecule has 1 aromatic heterocycles. The minimum Gasteiger partial charge on any atom is -0.368 e. The molecule has 0 unspecified atom stereocenters. The molecule has 8 nitrogen and oxygen atoms in total. The van der Waals surface area contributed by atoms with Gasteiger partial charge in [0.25, 0.3) is 5.69 Å². The molecule has 1 aliphatic heterocycles. The number of piperazine rings is 1. The van der Waals surface area contributed by atoms with Crippen molar-refractivity contribution < 1.29 is 9.72 Å². The van der Waals surface area contributed by atoms with Crippen LogP contribution < -0.4 is 10.2 Å². The van der Waals surface area contributed by atoms with Crippen molar-refractivity contribution in [2.75, 3.05) is 36.4 Å². The molecule has 3 aromatic rings. The van der Waals surface area contributed by atoms with Gasteiger partial charge in [-0.05, 0) is 36.6 Å². The Morgan fingerprint density at radius 3 is 2.45 bits per heavy atom. The van der Waals surface area contributed by atoms with Gasteiger partial charge in [-0.1, -0.05) is 32.0 Å². The van der Waals surface area contributed by atoms with Gasteiger partial charge < -0.3 is 10.2 Å². The summed E-state index contributed by atoms with van der Waals surface area (Å²) in [6.07, 6.45) is 3.21. The first-order valence-electron chi connectivity index (χ1n) is 11.3. The second-order valence-electron chi connectivity index (χ2n) is 8.71. The second kappa shape index (κ2) is 9.54. The molecule has 0 bridgehead atoms. The number of non-ortho nitro benzene ring substituents is 1. The molecule has 1 amide bonds. The third-order valence-corrected chi connectivity index (χ3v) is 6.39. The molecule has 172 valence electrons. The van der Waals surface area contributed by atoms with E-state index in [0.29, 0.717) is 11.3 Å². The average molecular weight is 448 g/mol. The van der Waals surface area contributed by atoms with E-state index in [2.05, 4.69) is 33.9 Å². The van der Waals surface area contributed by atoms with Crippen molar-refractivity contribution in [3.8, 4) is 0 Å². The maximum absolute atomic E-state index is 13.0. The number of hydrogen-bond donors (Lipinski definition) is 1. The van der Waals surface area contributed by atoms with E-state index < -0.39 is 0 Å². The summed E-state index contributed by atoms with van der Waals surface area (Å²) in [6.45, 7) is 9.09. The summed E-state index contributed by atoms with van der Waals surface area (Å²) in [5.74, 6) is 0.315. The van der Waals surface area contributed by atoms with Crippen LogP contribution >= 0.6 is 0 Å². The largest absolute Gasteiger partial charge is 0.368 e. The molecular formula is C25H29N5O3. The van der Waals surface area contributed by atoms with E-state index >= 15 is 0 Å². The van der Waals surface area contributed by atoms with Gasteiger partial charge in [0.1, 0.15) is 0 Å². The normalized spacial score (nSPS) is 15.6. The summed E-state index contributed by atoms with van der Waals surface area (Å²) in [6, 6.07) is 12.9. The highest BCUT2D eigenvalue weighted by Crippen LogP contribution is 2.33. The smallest absolute Gasteiger partial charge is 0.278 e. The van der Waals surface area contributed by atoms with Crippen LogP contribution in [-0.2, 0) is 4.79 Å². The quantitative estimate of drug-likeness (QED) is 0.444. The minimum absolute atomic E-state index is 0.0107. The fourth-order valence-corrected chi connectivity index (χ4v) is 4.46. The lowest BCUT2D eigenvalue weighted by Gasteiger charge is -2.39. The van der Waals surface area contributed by atoms with E-state index in [-0.39, 0.29) is 22.6 Å². The molecule has 4 rings (SSSR count). The lowest BCUT2D eigenvalue weighted by molar-refractivity contribution is -0.383. The van der Waals surface area contributed by atoms with Gasteiger partial charge in [-0.3, -0.25) is 24.8 Å². The zero-order valence-corrected chi connectivity index (χ0v) is 19.2. The zero-order chi connectivity index (χ0) is 23.5. The molecule has 0 aliphatic carbocycles. The SMILES string of the molecule is CC(C)c1ccccc1NC(=O)[C@@H](C)N1CCN(c2ccc([N+](=O)[O-])c3cnccc23)CC1. The van der Waals surface area contributed by atoms with Crippen LogP contribution in [0.15, 0.2) is 54.9 Å². The molecule has 2 aromatic carbocycles. The van der Waals surface area contributed by atoms with E-state index in [4.69, 9.17) is 0 Å². The van der Waals surface area contributed by atoms with Crippen molar-refractivity contribution in [2.45, 2.75) is 32.7 Å². The van der Waals surface area contributed by atoms with Crippen LogP contribution in [0.25, 0.3) is 10.8 Å². The number of rotatable bonds is 6. The molecule has 1 aliphatic rings. The van der Waals surface area contributed by atoms with Crippen molar-refractivity contribution in [1.29, 1.82) is 0 Å². The first kappa shape index (κ1) is 22.7. The number of aromatic nitrogens is 1. The summed E-state index contributed by atoms with van der Waals surface area (Å²) < 4.78 is 0.